The second-order valence-corrected chi connectivity index (χ2v) is 10.4. The summed E-state index contributed by atoms with van der Waals surface area (Å²) < 4.78 is 29.6. The van der Waals surface area contributed by atoms with Gasteiger partial charge < -0.3 is 15.2 Å². The third-order valence-corrected chi connectivity index (χ3v) is 8.07. The zero-order chi connectivity index (χ0) is 24.5. The van der Waals surface area contributed by atoms with Crippen molar-refractivity contribution in [2.75, 3.05) is 20.1 Å². The Hall–Kier alpha value is -2.34. The predicted octanol–water partition coefficient (Wildman–Crippen LogP) is 1.42. The minimum absolute atomic E-state index is 0.00405. The van der Waals surface area contributed by atoms with Crippen molar-refractivity contribution in [1.82, 2.24) is 24.2 Å². The highest BCUT2D eigenvalue weighted by Gasteiger charge is 2.37. The summed E-state index contributed by atoms with van der Waals surface area (Å²) in [5, 5.41) is 6.81. The molecule has 2 unspecified atom stereocenters. The van der Waals surface area contributed by atoms with Crippen LogP contribution in [0.1, 0.15) is 30.3 Å². The predicted molar refractivity (Wildman–Crippen MR) is 125 cm³/mol. The van der Waals surface area contributed by atoms with Crippen molar-refractivity contribution in [1.29, 1.82) is 0 Å². The van der Waals surface area contributed by atoms with E-state index in [-0.39, 0.29) is 37.7 Å². The number of hydrogen-bond acceptors (Lipinski definition) is 5. The van der Waals surface area contributed by atoms with Crippen molar-refractivity contribution in [3.8, 4) is 0 Å². The van der Waals surface area contributed by atoms with Crippen LogP contribution in [0.25, 0.3) is 10.9 Å². The number of fused-ring (bicyclic) bond motifs is 1. The molecule has 2 atom stereocenters. The highest BCUT2D eigenvalue weighted by Crippen LogP contribution is 2.32. The van der Waals surface area contributed by atoms with Gasteiger partial charge in [-0.05, 0) is 24.6 Å². The van der Waals surface area contributed by atoms with Gasteiger partial charge in [-0.15, -0.1) is 0 Å². The lowest BCUT2D eigenvalue weighted by Crippen LogP contribution is -2.55. The maximum absolute atomic E-state index is 13.1. The van der Waals surface area contributed by atoms with Gasteiger partial charge in [0.15, 0.2) is 0 Å². The molecule has 10 nitrogen and oxygen atoms in total. The maximum Gasteiger partial charge on any atom is 0.303 e. The molecule has 0 spiro atoms. The molecule has 1 fully saturated rings. The summed E-state index contributed by atoms with van der Waals surface area (Å²) in [5.74, 6) is -1.88. The fraction of sp³-hybridized carbons (Fsp3) is 0.450. The zero-order valence-corrected chi connectivity index (χ0v) is 20.6. The van der Waals surface area contributed by atoms with E-state index in [0.29, 0.717) is 21.1 Å². The minimum atomic E-state index is -4.04. The molecule has 1 aromatic carbocycles. The van der Waals surface area contributed by atoms with E-state index in [4.69, 9.17) is 23.2 Å². The van der Waals surface area contributed by atoms with Crippen LogP contribution in [0.4, 0.5) is 0 Å². The van der Waals surface area contributed by atoms with Crippen molar-refractivity contribution in [2.24, 2.45) is 13.0 Å². The molecular weight excluding hydrogens is 493 g/mol. The molecule has 3 rings (SSSR count). The first-order valence-corrected chi connectivity index (χ1v) is 12.4. The van der Waals surface area contributed by atoms with E-state index >= 15 is 0 Å². The number of carbonyl (C=O) groups excluding carboxylic acids is 3. The molecule has 0 saturated carbocycles. The summed E-state index contributed by atoms with van der Waals surface area (Å²) in [6, 6.07) is 4.59. The number of aromatic nitrogens is 1. The summed E-state index contributed by atoms with van der Waals surface area (Å²) in [7, 11) is -0.827. The number of piperidine rings is 1. The third-order valence-electron chi connectivity index (χ3n) is 5.70. The van der Waals surface area contributed by atoms with Crippen LogP contribution in [0.5, 0.6) is 0 Å². The van der Waals surface area contributed by atoms with Gasteiger partial charge in [0.05, 0.1) is 10.0 Å². The summed E-state index contributed by atoms with van der Waals surface area (Å²) in [4.78, 5) is 36.5. The first-order valence-electron chi connectivity index (χ1n) is 10.2. The lowest BCUT2D eigenvalue weighted by atomic mass is 9.90. The van der Waals surface area contributed by atoms with Gasteiger partial charge in [0, 0.05) is 63.4 Å². The number of nitrogens with zero attached hydrogens (tertiary/aromatic N) is 2. The molecule has 2 heterocycles. The van der Waals surface area contributed by atoms with Crippen LogP contribution in [-0.4, -0.2) is 61.2 Å². The highest BCUT2D eigenvalue weighted by atomic mass is 35.5. The first-order chi connectivity index (χ1) is 15.4. The van der Waals surface area contributed by atoms with Crippen molar-refractivity contribution >= 4 is 62.0 Å². The van der Waals surface area contributed by atoms with Crippen LogP contribution in [0.3, 0.4) is 0 Å². The number of benzene rings is 1. The molecule has 3 amide bonds. The Morgan fingerprint density at radius 1 is 1.21 bits per heavy atom. The van der Waals surface area contributed by atoms with Crippen LogP contribution >= 0.6 is 23.2 Å². The molecule has 3 N–H and O–H groups in total. The number of halogens is 2. The normalized spacial score (nSPS) is 19.3. The van der Waals surface area contributed by atoms with Crippen LogP contribution < -0.4 is 15.4 Å². The summed E-state index contributed by atoms with van der Waals surface area (Å²) in [5.41, 5.74) is 1.08. The van der Waals surface area contributed by atoms with Crippen molar-refractivity contribution < 1.29 is 22.8 Å². The average molecular weight is 518 g/mol. The lowest BCUT2D eigenvalue weighted by molar-refractivity contribution is -0.122. The topological polar surface area (TPSA) is 130 Å². The van der Waals surface area contributed by atoms with Crippen LogP contribution in [-0.2, 0) is 26.8 Å². The Balaban J connectivity index is 1.84. The molecule has 1 saturated heterocycles. The van der Waals surface area contributed by atoms with Gasteiger partial charge in [0.2, 0.25) is 11.8 Å². The Kier molecular flexibility index (Phi) is 7.57. The van der Waals surface area contributed by atoms with E-state index in [2.05, 4.69) is 10.6 Å². The molecule has 0 radical (unpaired) electrons. The zero-order valence-electron chi connectivity index (χ0n) is 18.3. The summed E-state index contributed by atoms with van der Waals surface area (Å²) in [6.07, 6.45) is 0.271. The van der Waals surface area contributed by atoms with Gasteiger partial charge in [0.1, 0.15) is 5.69 Å². The van der Waals surface area contributed by atoms with E-state index in [1.54, 1.807) is 29.8 Å². The maximum atomic E-state index is 13.1. The Morgan fingerprint density at radius 2 is 1.91 bits per heavy atom. The highest BCUT2D eigenvalue weighted by molar-refractivity contribution is 7.87. The number of nitrogens with one attached hydrogen (secondary N) is 3. The molecule has 1 aliphatic rings. The first kappa shape index (κ1) is 25.3. The third kappa shape index (κ3) is 5.43. The van der Waals surface area contributed by atoms with Crippen molar-refractivity contribution in [3.63, 3.8) is 0 Å². The second-order valence-electron chi connectivity index (χ2n) is 7.91. The largest absolute Gasteiger partial charge is 0.359 e. The monoisotopic (exact) mass is 517 g/mol. The van der Waals surface area contributed by atoms with Crippen LogP contribution in [0.2, 0.25) is 10.0 Å². The van der Waals surface area contributed by atoms with Crippen LogP contribution in [0, 0.1) is 5.92 Å². The number of hydrogen-bond donors (Lipinski definition) is 3. The molecular formula is C20H25Cl2N5O5S. The Bertz CT molecular complexity index is 1210. The van der Waals surface area contributed by atoms with E-state index < -0.39 is 28.1 Å². The van der Waals surface area contributed by atoms with E-state index in [0.717, 1.165) is 16.7 Å². The number of aryl methyl sites for hydroxylation is 1. The SMILES string of the molecule is CNC(=O)CC1CN(S(=O)(=O)NC(C)=O)CCC1NC(=O)c1cc2c(Cl)c(Cl)ccc2n1C. The van der Waals surface area contributed by atoms with E-state index in [1.807, 2.05) is 4.72 Å². The molecule has 1 aliphatic heterocycles. The smallest absolute Gasteiger partial charge is 0.303 e. The quantitative estimate of drug-likeness (QED) is 0.533. The number of rotatable bonds is 6. The van der Waals surface area contributed by atoms with Gasteiger partial charge in [-0.2, -0.15) is 12.7 Å². The Morgan fingerprint density at radius 3 is 2.55 bits per heavy atom. The standard InChI is InChI=1S/C20H25Cl2N5O5S/c1-11(28)25-33(31,32)27-7-6-15(12(10-27)8-18(29)23-2)24-20(30)17-9-13-16(26(17)3)5-4-14(21)19(13)22/h4-5,9,12,15H,6-8,10H2,1-3H3,(H,23,29)(H,24,30)(H,25,28). The molecule has 2 aromatic rings. The molecule has 13 heteroatoms. The van der Waals surface area contributed by atoms with Crippen molar-refractivity contribution in [2.45, 2.75) is 25.8 Å². The van der Waals surface area contributed by atoms with Gasteiger partial charge in [-0.3, -0.25) is 14.4 Å². The molecule has 180 valence electrons. The van der Waals surface area contributed by atoms with E-state index in [9.17, 15) is 22.8 Å². The van der Waals surface area contributed by atoms with Gasteiger partial charge in [0.25, 0.3) is 5.91 Å². The van der Waals surface area contributed by atoms with Gasteiger partial charge in [-0.1, -0.05) is 23.2 Å². The van der Waals surface area contributed by atoms with Gasteiger partial charge >= 0.3 is 10.2 Å². The van der Waals surface area contributed by atoms with Gasteiger partial charge in [-0.25, -0.2) is 4.72 Å². The average Bonchev–Trinajstić information content (AvgIpc) is 3.08. The number of carbonyl (C=O) groups is 3. The molecule has 1 aromatic heterocycles. The Labute approximate surface area is 201 Å². The summed E-state index contributed by atoms with van der Waals surface area (Å²) >= 11 is 12.4. The lowest BCUT2D eigenvalue weighted by Gasteiger charge is -2.37. The van der Waals surface area contributed by atoms with Crippen LogP contribution in [0.15, 0.2) is 18.2 Å². The molecule has 0 bridgehead atoms. The fourth-order valence-corrected chi connectivity index (χ4v) is 5.61. The van der Waals surface area contributed by atoms with Crippen molar-refractivity contribution in [3.05, 3.63) is 33.9 Å². The van der Waals surface area contributed by atoms with E-state index in [1.165, 1.54) is 7.05 Å². The second kappa shape index (κ2) is 9.88. The molecule has 0 aliphatic carbocycles. The molecule has 33 heavy (non-hydrogen) atoms. The fourth-order valence-electron chi connectivity index (χ4n) is 4.01. The minimum Gasteiger partial charge on any atom is -0.359 e. The number of amides is 3. The summed E-state index contributed by atoms with van der Waals surface area (Å²) in [6.45, 7) is 1.15.